The van der Waals surface area contributed by atoms with Crippen LogP contribution in [-0.2, 0) is 11.8 Å². The van der Waals surface area contributed by atoms with Gasteiger partial charge in [-0.25, -0.2) is 9.78 Å². The molecule has 4 aliphatic carbocycles. The molecule has 2 aromatic rings. The highest BCUT2D eigenvalue weighted by molar-refractivity contribution is 5.84. The Balaban J connectivity index is 1.12. The van der Waals surface area contributed by atoms with Gasteiger partial charge in [0, 0.05) is 45.6 Å². The van der Waals surface area contributed by atoms with Crippen molar-refractivity contribution in [1.82, 2.24) is 24.7 Å². The van der Waals surface area contributed by atoms with E-state index in [1.54, 1.807) is 13.3 Å². The van der Waals surface area contributed by atoms with Crippen LogP contribution in [0.2, 0.25) is 0 Å². The molecule has 1 aromatic carbocycles. The average Bonchev–Trinajstić information content (AvgIpc) is 3.31. The predicted molar refractivity (Wildman–Crippen MR) is 135 cm³/mol. The first-order valence-corrected chi connectivity index (χ1v) is 13.4. The highest BCUT2D eigenvalue weighted by Crippen LogP contribution is 2.60. The molecule has 4 bridgehead atoms. The molecule has 1 unspecified atom stereocenters. The molecule has 4 saturated carbocycles. The van der Waals surface area contributed by atoms with Crippen LogP contribution in [0.25, 0.3) is 0 Å². The second-order valence-corrected chi connectivity index (χ2v) is 11.5. The van der Waals surface area contributed by atoms with E-state index >= 15 is 0 Å². The van der Waals surface area contributed by atoms with Crippen LogP contribution >= 0.6 is 0 Å². The Morgan fingerprint density at radius 1 is 1.03 bits per heavy atom. The Bertz CT molecular complexity index is 1100. The van der Waals surface area contributed by atoms with Gasteiger partial charge in [-0.2, -0.15) is 0 Å². The van der Waals surface area contributed by atoms with Gasteiger partial charge >= 0.3 is 6.03 Å². The number of imidazole rings is 1. The average molecular weight is 492 g/mol. The number of aromatic nitrogens is 2. The third-order valence-electron chi connectivity index (χ3n) is 9.16. The van der Waals surface area contributed by atoms with Gasteiger partial charge in [-0.3, -0.25) is 4.79 Å². The summed E-state index contributed by atoms with van der Waals surface area (Å²) in [6, 6.07) is 7.18. The molecule has 36 heavy (non-hydrogen) atoms. The zero-order valence-corrected chi connectivity index (χ0v) is 21.4. The molecule has 0 spiro atoms. The highest BCUT2D eigenvalue weighted by atomic mass is 16.5. The molecule has 1 aromatic heterocycles. The topological polar surface area (TPSA) is 79.7 Å². The normalized spacial score (nSPS) is 29.8. The van der Waals surface area contributed by atoms with Gasteiger partial charge in [-0.1, -0.05) is 12.1 Å². The van der Waals surface area contributed by atoms with Crippen molar-refractivity contribution < 1.29 is 14.3 Å². The SMILES string of the molecule is COc1cccc(C(NC(=O)N2CCN(C(=O)C34CC5CC(CC(C5)C3)C4)CC2)c2nccn2C)c1. The summed E-state index contributed by atoms with van der Waals surface area (Å²) < 4.78 is 7.33. The minimum absolute atomic E-state index is 0.116. The molecule has 1 N–H and O–H groups in total. The number of piperazine rings is 1. The number of methoxy groups -OCH3 is 1. The molecule has 8 nitrogen and oxygen atoms in total. The van der Waals surface area contributed by atoms with Crippen LogP contribution in [0.4, 0.5) is 4.79 Å². The fourth-order valence-electron chi connectivity index (χ4n) is 7.81. The first kappa shape index (κ1) is 23.4. The van der Waals surface area contributed by atoms with E-state index in [1.165, 1.54) is 19.3 Å². The lowest BCUT2D eigenvalue weighted by molar-refractivity contribution is -0.159. The van der Waals surface area contributed by atoms with Crippen LogP contribution in [0.15, 0.2) is 36.7 Å². The minimum Gasteiger partial charge on any atom is -0.497 e. The molecule has 3 amide bonds. The molecular weight excluding hydrogens is 454 g/mol. The lowest BCUT2D eigenvalue weighted by atomic mass is 9.49. The fourth-order valence-corrected chi connectivity index (χ4v) is 7.81. The maximum atomic E-state index is 13.7. The van der Waals surface area contributed by atoms with E-state index in [2.05, 4.69) is 15.2 Å². The van der Waals surface area contributed by atoms with Crippen LogP contribution < -0.4 is 10.1 Å². The molecule has 8 heteroatoms. The fraction of sp³-hybridized carbons (Fsp3) is 0.607. The second-order valence-electron chi connectivity index (χ2n) is 11.5. The van der Waals surface area contributed by atoms with Crippen molar-refractivity contribution in [3.63, 3.8) is 0 Å². The van der Waals surface area contributed by atoms with E-state index in [4.69, 9.17) is 4.74 Å². The molecule has 1 aliphatic heterocycles. The van der Waals surface area contributed by atoms with Gasteiger partial charge in [-0.15, -0.1) is 0 Å². The monoisotopic (exact) mass is 491 g/mol. The largest absolute Gasteiger partial charge is 0.497 e. The number of benzene rings is 1. The van der Waals surface area contributed by atoms with Crippen molar-refractivity contribution >= 4 is 11.9 Å². The Labute approximate surface area is 213 Å². The molecule has 7 rings (SSSR count). The summed E-state index contributed by atoms with van der Waals surface area (Å²) in [6.07, 6.45) is 10.9. The van der Waals surface area contributed by atoms with E-state index in [0.717, 1.165) is 54.2 Å². The Morgan fingerprint density at radius 2 is 1.67 bits per heavy atom. The number of carbonyl (C=O) groups excluding carboxylic acids is 2. The molecule has 5 fully saturated rings. The van der Waals surface area contributed by atoms with Gasteiger partial charge in [0.05, 0.1) is 12.5 Å². The zero-order valence-electron chi connectivity index (χ0n) is 21.4. The van der Waals surface area contributed by atoms with E-state index < -0.39 is 6.04 Å². The number of amides is 3. The van der Waals surface area contributed by atoms with Crippen LogP contribution in [0.1, 0.15) is 56.0 Å². The number of hydrogen-bond donors (Lipinski definition) is 1. The number of aryl methyl sites for hydroxylation is 1. The number of carbonyl (C=O) groups is 2. The molecule has 0 radical (unpaired) electrons. The summed E-state index contributed by atoms with van der Waals surface area (Å²) >= 11 is 0. The predicted octanol–water partition coefficient (Wildman–Crippen LogP) is 3.59. The minimum atomic E-state index is -0.403. The summed E-state index contributed by atoms with van der Waals surface area (Å²) in [7, 11) is 3.56. The van der Waals surface area contributed by atoms with Gasteiger partial charge < -0.3 is 24.4 Å². The molecule has 1 atom stereocenters. The Kier molecular flexibility index (Phi) is 5.92. The standard InChI is InChI=1S/C28H37N5O3/c1-31-7-6-29-25(31)24(22-4-3-5-23(15-22)36-2)30-27(35)33-10-8-32(9-11-33)26(34)28-16-19-12-20(17-28)14-21(13-19)18-28/h3-7,15,19-21,24H,8-14,16-18H2,1-2H3,(H,30,35). The van der Waals surface area contributed by atoms with Crippen molar-refractivity contribution in [2.45, 2.75) is 44.6 Å². The number of urea groups is 1. The summed E-state index contributed by atoms with van der Waals surface area (Å²) in [5.74, 6) is 4.12. The summed E-state index contributed by atoms with van der Waals surface area (Å²) in [5.41, 5.74) is 0.794. The first-order chi connectivity index (χ1) is 17.4. The number of rotatable bonds is 5. The summed E-state index contributed by atoms with van der Waals surface area (Å²) in [6.45, 7) is 2.32. The molecule has 1 saturated heterocycles. The van der Waals surface area contributed by atoms with Crippen LogP contribution in [0, 0.1) is 23.2 Å². The van der Waals surface area contributed by atoms with Gasteiger partial charge in [0.1, 0.15) is 17.6 Å². The third-order valence-corrected chi connectivity index (χ3v) is 9.16. The van der Waals surface area contributed by atoms with Crippen molar-refractivity contribution in [2.24, 2.45) is 30.2 Å². The van der Waals surface area contributed by atoms with E-state index in [-0.39, 0.29) is 11.4 Å². The van der Waals surface area contributed by atoms with Crippen molar-refractivity contribution in [1.29, 1.82) is 0 Å². The van der Waals surface area contributed by atoms with Gasteiger partial charge in [-0.05, 0) is 74.0 Å². The second kappa shape index (κ2) is 9.12. The van der Waals surface area contributed by atoms with Crippen LogP contribution in [-0.4, -0.2) is 64.6 Å². The van der Waals surface area contributed by atoms with Crippen LogP contribution in [0.5, 0.6) is 5.75 Å². The van der Waals surface area contributed by atoms with Crippen molar-refractivity contribution in [3.05, 3.63) is 48.0 Å². The van der Waals surface area contributed by atoms with Crippen molar-refractivity contribution in [3.8, 4) is 5.75 Å². The Morgan fingerprint density at radius 3 is 2.25 bits per heavy atom. The van der Waals surface area contributed by atoms with Gasteiger partial charge in [0.25, 0.3) is 0 Å². The van der Waals surface area contributed by atoms with E-state index in [1.807, 2.05) is 47.0 Å². The maximum absolute atomic E-state index is 13.7. The number of hydrogen-bond acceptors (Lipinski definition) is 4. The first-order valence-electron chi connectivity index (χ1n) is 13.4. The quantitative estimate of drug-likeness (QED) is 0.693. The van der Waals surface area contributed by atoms with Gasteiger partial charge in [0.2, 0.25) is 5.91 Å². The third kappa shape index (κ3) is 4.14. The smallest absolute Gasteiger partial charge is 0.318 e. The molecule has 2 heterocycles. The molecule has 192 valence electrons. The number of nitrogens with zero attached hydrogens (tertiary/aromatic N) is 4. The zero-order chi connectivity index (χ0) is 24.9. The summed E-state index contributed by atoms with van der Waals surface area (Å²) in [4.78, 5) is 35.5. The number of nitrogens with one attached hydrogen (secondary N) is 1. The molecular formula is C28H37N5O3. The van der Waals surface area contributed by atoms with Crippen molar-refractivity contribution in [2.75, 3.05) is 33.3 Å². The highest BCUT2D eigenvalue weighted by Gasteiger charge is 2.55. The van der Waals surface area contributed by atoms with E-state index in [9.17, 15) is 9.59 Å². The Hall–Kier alpha value is -3.03. The molecule has 5 aliphatic rings. The van der Waals surface area contributed by atoms with E-state index in [0.29, 0.717) is 32.1 Å². The summed E-state index contributed by atoms with van der Waals surface area (Å²) in [5, 5.41) is 3.19. The lowest BCUT2D eigenvalue weighted by Gasteiger charge is -2.57. The lowest BCUT2D eigenvalue weighted by Crippen LogP contribution is -2.59. The number of ether oxygens (including phenoxy) is 1. The maximum Gasteiger partial charge on any atom is 0.318 e. The van der Waals surface area contributed by atoms with Gasteiger partial charge in [0.15, 0.2) is 0 Å². The van der Waals surface area contributed by atoms with Crippen LogP contribution in [0.3, 0.4) is 0 Å².